The highest BCUT2D eigenvalue weighted by atomic mass is 16.4. The lowest BCUT2D eigenvalue weighted by Crippen LogP contribution is -2.51. The molecule has 5 heteroatoms. The van der Waals surface area contributed by atoms with Crippen LogP contribution < -0.4 is 5.32 Å². The van der Waals surface area contributed by atoms with Gasteiger partial charge in [-0.2, -0.15) is 0 Å². The highest BCUT2D eigenvalue weighted by Gasteiger charge is 2.40. The van der Waals surface area contributed by atoms with Gasteiger partial charge in [0.15, 0.2) is 0 Å². The van der Waals surface area contributed by atoms with Crippen molar-refractivity contribution in [3.8, 4) is 0 Å². The van der Waals surface area contributed by atoms with Gasteiger partial charge in [0.2, 0.25) is 5.91 Å². The van der Waals surface area contributed by atoms with Crippen molar-refractivity contribution in [1.82, 2.24) is 10.2 Å². The number of piperidine rings is 1. The van der Waals surface area contributed by atoms with Gasteiger partial charge in [-0.15, -0.1) is 0 Å². The van der Waals surface area contributed by atoms with E-state index in [0.29, 0.717) is 0 Å². The Balaban J connectivity index is 2.76. The van der Waals surface area contributed by atoms with Crippen molar-refractivity contribution in [1.29, 1.82) is 0 Å². The molecule has 1 aliphatic heterocycles. The fraction of sp³-hybridized carbons (Fsp3) is 0.846. The summed E-state index contributed by atoms with van der Waals surface area (Å²) in [6, 6.07) is -0.784. The number of hydrogen-bond donors (Lipinski definition) is 2. The van der Waals surface area contributed by atoms with Gasteiger partial charge in [0, 0.05) is 12.5 Å². The maximum absolute atomic E-state index is 12.4. The Kier molecular flexibility index (Phi) is 4.73. The van der Waals surface area contributed by atoms with Gasteiger partial charge >= 0.3 is 5.97 Å². The van der Waals surface area contributed by atoms with Crippen LogP contribution in [0.3, 0.4) is 0 Å². The van der Waals surface area contributed by atoms with Crippen LogP contribution in [0.25, 0.3) is 0 Å². The number of carboxylic acid groups (broad SMARTS) is 1. The van der Waals surface area contributed by atoms with Crippen molar-refractivity contribution in [2.24, 2.45) is 11.3 Å². The third kappa shape index (κ3) is 3.02. The number of nitrogens with zero attached hydrogens (tertiary/aromatic N) is 1. The minimum absolute atomic E-state index is 0.0916. The molecule has 0 saturated carbocycles. The third-order valence-corrected chi connectivity index (χ3v) is 4.13. The van der Waals surface area contributed by atoms with Gasteiger partial charge in [-0.05, 0) is 38.8 Å². The van der Waals surface area contributed by atoms with E-state index in [1.54, 1.807) is 7.05 Å². The summed E-state index contributed by atoms with van der Waals surface area (Å²) in [5.41, 5.74) is -0.522. The summed E-state index contributed by atoms with van der Waals surface area (Å²) in [6.07, 6.45) is 2.08. The molecule has 0 bridgehead atoms. The van der Waals surface area contributed by atoms with Crippen molar-refractivity contribution in [3.05, 3.63) is 0 Å². The molecule has 0 spiro atoms. The maximum Gasteiger partial charge on any atom is 0.326 e. The quantitative estimate of drug-likeness (QED) is 0.785. The van der Waals surface area contributed by atoms with Crippen LogP contribution in [0, 0.1) is 11.3 Å². The Morgan fingerprint density at radius 2 is 2.06 bits per heavy atom. The molecule has 1 saturated heterocycles. The average molecular weight is 256 g/mol. The van der Waals surface area contributed by atoms with Gasteiger partial charge in [-0.1, -0.05) is 13.8 Å². The Labute approximate surface area is 109 Å². The predicted octanol–water partition coefficient (Wildman–Crippen LogP) is 0.944. The highest BCUT2D eigenvalue weighted by Crippen LogP contribution is 2.33. The number of likely N-dealkylation sites (N-methyl/N-ethyl adjacent to an activating group) is 1. The summed E-state index contributed by atoms with van der Waals surface area (Å²) in [5.74, 6) is -0.795. The summed E-state index contributed by atoms with van der Waals surface area (Å²) in [5, 5.41) is 12.3. The standard InChI is InChI=1S/C13H24N2O3/c1-9(11(16)17)15(4)12(18)13(2,3)10-6-5-7-14-8-10/h9-10,14H,5-8H2,1-4H3,(H,16,17). The second kappa shape index (κ2) is 5.69. The Morgan fingerprint density at radius 3 is 2.50 bits per heavy atom. The van der Waals surface area contributed by atoms with Gasteiger partial charge in [0.05, 0.1) is 0 Å². The van der Waals surface area contributed by atoms with Crippen molar-refractivity contribution in [3.63, 3.8) is 0 Å². The average Bonchev–Trinajstić information content (AvgIpc) is 2.36. The van der Waals surface area contributed by atoms with Crippen LogP contribution in [0.15, 0.2) is 0 Å². The molecule has 1 rings (SSSR count). The number of amides is 1. The fourth-order valence-corrected chi connectivity index (χ4v) is 2.44. The van der Waals surface area contributed by atoms with E-state index in [1.807, 2.05) is 13.8 Å². The summed E-state index contributed by atoms with van der Waals surface area (Å²) in [6.45, 7) is 7.20. The first-order valence-corrected chi connectivity index (χ1v) is 6.49. The monoisotopic (exact) mass is 256 g/mol. The number of rotatable bonds is 4. The van der Waals surface area contributed by atoms with Gasteiger partial charge in [-0.3, -0.25) is 4.79 Å². The smallest absolute Gasteiger partial charge is 0.326 e. The number of carbonyl (C=O) groups is 2. The Bertz CT molecular complexity index is 322. The van der Waals surface area contributed by atoms with E-state index in [1.165, 1.54) is 11.8 Å². The Morgan fingerprint density at radius 1 is 1.44 bits per heavy atom. The number of hydrogen-bond acceptors (Lipinski definition) is 3. The number of carbonyl (C=O) groups excluding carboxylic acids is 1. The molecule has 0 aromatic heterocycles. The molecular weight excluding hydrogens is 232 g/mol. The summed E-state index contributed by atoms with van der Waals surface area (Å²) < 4.78 is 0. The molecular formula is C13H24N2O3. The van der Waals surface area contributed by atoms with Crippen molar-refractivity contribution < 1.29 is 14.7 Å². The third-order valence-electron chi connectivity index (χ3n) is 4.13. The minimum Gasteiger partial charge on any atom is -0.480 e. The number of nitrogens with one attached hydrogen (secondary N) is 1. The molecule has 104 valence electrons. The van der Waals surface area contributed by atoms with E-state index < -0.39 is 17.4 Å². The molecule has 2 N–H and O–H groups in total. The van der Waals surface area contributed by atoms with Gasteiger partial charge in [0.1, 0.15) is 6.04 Å². The van der Waals surface area contributed by atoms with E-state index >= 15 is 0 Å². The van der Waals surface area contributed by atoms with Crippen molar-refractivity contribution in [2.45, 2.75) is 39.7 Å². The van der Waals surface area contributed by atoms with E-state index in [-0.39, 0.29) is 11.8 Å². The first-order valence-electron chi connectivity index (χ1n) is 6.49. The van der Waals surface area contributed by atoms with Crippen LogP contribution in [-0.2, 0) is 9.59 Å². The van der Waals surface area contributed by atoms with E-state index in [4.69, 9.17) is 5.11 Å². The van der Waals surface area contributed by atoms with Crippen molar-refractivity contribution >= 4 is 11.9 Å². The first kappa shape index (κ1) is 15.0. The summed E-state index contributed by atoms with van der Waals surface area (Å²) >= 11 is 0. The molecule has 1 fully saturated rings. The molecule has 1 heterocycles. The number of carboxylic acids is 1. The first-order chi connectivity index (χ1) is 8.28. The Hall–Kier alpha value is -1.10. The van der Waals surface area contributed by atoms with Crippen LogP contribution in [0.5, 0.6) is 0 Å². The van der Waals surface area contributed by atoms with Crippen LogP contribution in [0.1, 0.15) is 33.6 Å². The molecule has 0 aliphatic carbocycles. The van der Waals surface area contributed by atoms with Crippen molar-refractivity contribution in [2.75, 3.05) is 20.1 Å². The zero-order valence-corrected chi connectivity index (χ0v) is 11.7. The van der Waals surface area contributed by atoms with Crippen LogP contribution in [-0.4, -0.2) is 48.1 Å². The highest BCUT2D eigenvalue weighted by molar-refractivity contribution is 5.86. The molecule has 2 atom stereocenters. The maximum atomic E-state index is 12.4. The molecule has 0 aromatic rings. The number of aliphatic carboxylic acids is 1. The van der Waals surface area contributed by atoms with Gasteiger partial charge < -0.3 is 15.3 Å². The largest absolute Gasteiger partial charge is 0.480 e. The normalized spacial score (nSPS) is 22.3. The topological polar surface area (TPSA) is 69.6 Å². The zero-order valence-electron chi connectivity index (χ0n) is 11.7. The van der Waals surface area contributed by atoms with Crippen LogP contribution >= 0.6 is 0 Å². The molecule has 1 amide bonds. The molecule has 0 radical (unpaired) electrons. The second-order valence-electron chi connectivity index (χ2n) is 5.70. The predicted molar refractivity (Wildman–Crippen MR) is 69.2 cm³/mol. The van der Waals surface area contributed by atoms with E-state index in [9.17, 15) is 9.59 Å². The van der Waals surface area contributed by atoms with Crippen LogP contribution in [0.2, 0.25) is 0 Å². The summed E-state index contributed by atoms with van der Waals surface area (Å²) in [7, 11) is 1.57. The summed E-state index contributed by atoms with van der Waals surface area (Å²) in [4.78, 5) is 24.7. The van der Waals surface area contributed by atoms with E-state index in [2.05, 4.69) is 5.32 Å². The van der Waals surface area contributed by atoms with Crippen LogP contribution in [0.4, 0.5) is 0 Å². The lowest BCUT2D eigenvalue weighted by molar-refractivity contribution is -0.154. The minimum atomic E-state index is -0.969. The lowest BCUT2D eigenvalue weighted by Gasteiger charge is -2.39. The second-order valence-corrected chi connectivity index (χ2v) is 5.70. The van der Waals surface area contributed by atoms with Gasteiger partial charge in [-0.25, -0.2) is 4.79 Å². The lowest BCUT2D eigenvalue weighted by atomic mass is 9.74. The fourth-order valence-electron chi connectivity index (χ4n) is 2.44. The van der Waals surface area contributed by atoms with Gasteiger partial charge in [0.25, 0.3) is 0 Å². The zero-order chi connectivity index (χ0) is 13.9. The molecule has 1 aliphatic rings. The SMILES string of the molecule is CC(C(=O)O)N(C)C(=O)C(C)(C)C1CCCNC1. The molecule has 0 aromatic carbocycles. The van der Waals surface area contributed by atoms with E-state index in [0.717, 1.165) is 25.9 Å². The molecule has 2 unspecified atom stereocenters. The molecule has 18 heavy (non-hydrogen) atoms. The molecule has 5 nitrogen and oxygen atoms in total.